The Kier molecular flexibility index (Phi) is 3.74. The van der Waals surface area contributed by atoms with Crippen molar-refractivity contribution in [3.63, 3.8) is 0 Å². The van der Waals surface area contributed by atoms with E-state index in [1.165, 1.54) is 12.1 Å². The van der Waals surface area contributed by atoms with Gasteiger partial charge in [0.05, 0.1) is 0 Å². The maximum atomic E-state index is 13.1. The van der Waals surface area contributed by atoms with Crippen LogP contribution in [-0.4, -0.2) is 17.6 Å². The third kappa shape index (κ3) is 2.85. The molecule has 0 spiro atoms. The summed E-state index contributed by atoms with van der Waals surface area (Å²) in [5.41, 5.74) is 0.683. The average Bonchev–Trinajstić information content (AvgIpc) is 2.47. The van der Waals surface area contributed by atoms with Gasteiger partial charge in [-0.2, -0.15) is 0 Å². The minimum atomic E-state index is -0.460. The molecule has 20 heavy (non-hydrogen) atoms. The van der Waals surface area contributed by atoms with Crippen LogP contribution < -0.4 is 4.74 Å². The maximum Gasteiger partial charge on any atom is 0.178 e. The zero-order valence-corrected chi connectivity index (χ0v) is 11.5. The zero-order chi connectivity index (χ0) is 13.9. The highest BCUT2D eigenvalue weighted by molar-refractivity contribution is 7.99. The Hall–Kier alpha value is -1.81. The van der Waals surface area contributed by atoms with Crippen molar-refractivity contribution >= 4 is 17.5 Å². The number of thioether (sulfide) groups is 1. The van der Waals surface area contributed by atoms with Crippen LogP contribution in [-0.2, 0) is 11.2 Å². The standard InChI is InChI=1S/C16H13FO2S/c17-12-5-3-4-11(8-12)9-13(18)15-10-20-16-7-2-1-6-14(16)19-15/h1-8,15H,9-10H2. The lowest BCUT2D eigenvalue weighted by atomic mass is 10.1. The lowest BCUT2D eigenvalue weighted by Crippen LogP contribution is -2.33. The Morgan fingerprint density at radius 1 is 1.25 bits per heavy atom. The van der Waals surface area contributed by atoms with Crippen molar-refractivity contribution in [2.75, 3.05) is 5.75 Å². The van der Waals surface area contributed by atoms with Gasteiger partial charge in [-0.15, -0.1) is 11.8 Å². The monoisotopic (exact) mass is 288 g/mol. The van der Waals surface area contributed by atoms with Gasteiger partial charge in [-0.3, -0.25) is 4.79 Å². The summed E-state index contributed by atoms with van der Waals surface area (Å²) in [7, 11) is 0. The number of benzene rings is 2. The van der Waals surface area contributed by atoms with Crippen molar-refractivity contribution < 1.29 is 13.9 Å². The third-order valence-electron chi connectivity index (χ3n) is 3.14. The summed E-state index contributed by atoms with van der Waals surface area (Å²) in [5, 5.41) is 0. The van der Waals surface area contributed by atoms with Gasteiger partial charge in [0.1, 0.15) is 11.6 Å². The van der Waals surface area contributed by atoms with E-state index in [1.807, 2.05) is 24.3 Å². The number of hydrogen-bond donors (Lipinski definition) is 0. The third-order valence-corrected chi connectivity index (χ3v) is 4.25. The fourth-order valence-electron chi connectivity index (χ4n) is 2.14. The molecule has 0 aromatic heterocycles. The zero-order valence-electron chi connectivity index (χ0n) is 10.7. The lowest BCUT2D eigenvalue weighted by Gasteiger charge is -2.24. The van der Waals surface area contributed by atoms with Crippen LogP contribution in [0.4, 0.5) is 4.39 Å². The number of carbonyl (C=O) groups is 1. The fourth-order valence-corrected chi connectivity index (χ4v) is 3.16. The normalized spacial score (nSPS) is 17.1. The smallest absolute Gasteiger partial charge is 0.178 e. The largest absolute Gasteiger partial charge is 0.481 e. The van der Waals surface area contributed by atoms with Gasteiger partial charge in [0, 0.05) is 17.1 Å². The molecule has 1 atom stereocenters. The van der Waals surface area contributed by atoms with Crippen molar-refractivity contribution in [2.24, 2.45) is 0 Å². The highest BCUT2D eigenvalue weighted by Gasteiger charge is 2.26. The molecule has 2 nitrogen and oxygen atoms in total. The van der Waals surface area contributed by atoms with E-state index in [1.54, 1.807) is 23.9 Å². The van der Waals surface area contributed by atoms with E-state index >= 15 is 0 Å². The molecule has 3 rings (SSSR count). The predicted molar refractivity (Wildman–Crippen MR) is 76.7 cm³/mol. The molecule has 0 saturated heterocycles. The molecule has 1 aliphatic heterocycles. The molecule has 1 unspecified atom stereocenters. The summed E-state index contributed by atoms with van der Waals surface area (Å²) < 4.78 is 18.8. The first-order valence-electron chi connectivity index (χ1n) is 6.38. The van der Waals surface area contributed by atoms with Crippen LogP contribution in [0.25, 0.3) is 0 Å². The second-order valence-electron chi connectivity index (χ2n) is 4.64. The number of hydrogen-bond acceptors (Lipinski definition) is 3. The van der Waals surface area contributed by atoms with E-state index in [-0.39, 0.29) is 18.0 Å². The molecule has 0 N–H and O–H groups in total. The van der Waals surface area contributed by atoms with Gasteiger partial charge in [-0.1, -0.05) is 24.3 Å². The molecule has 0 saturated carbocycles. The SMILES string of the molecule is O=C(Cc1cccc(F)c1)C1CSc2ccccc2O1. The van der Waals surface area contributed by atoms with E-state index in [2.05, 4.69) is 0 Å². The predicted octanol–water partition coefficient (Wildman–Crippen LogP) is 3.49. The summed E-state index contributed by atoms with van der Waals surface area (Å²) in [6.07, 6.45) is -0.260. The second kappa shape index (κ2) is 5.67. The number of ether oxygens (including phenoxy) is 1. The Morgan fingerprint density at radius 3 is 2.95 bits per heavy atom. The minimum absolute atomic E-state index is 0.0161. The van der Waals surface area contributed by atoms with Gasteiger partial charge in [0.2, 0.25) is 0 Å². The number of rotatable bonds is 3. The molecule has 0 aliphatic carbocycles. The molecule has 2 aromatic rings. The van der Waals surface area contributed by atoms with E-state index < -0.39 is 6.10 Å². The second-order valence-corrected chi connectivity index (χ2v) is 5.70. The number of fused-ring (bicyclic) bond motifs is 1. The van der Waals surface area contributed by atoms with Crippen LogP contribution in [0.3, 0.4) is 0 Å². The topological polar surface area (TPSA) is 26.3 Å². The first-order chi connectivity index (χ1) is 9.72. The lowest BCUT2D eigenvalue weighted by molar-refractivity contribution is -0.124. The minimum Gasteiger partial charge on any atom is -0.481 e. The molecule has 2 aromatic carbocycles. The van der Waals surface area contributed by atoms with Crippen molar-refractivity contribution in [1.82, 2.24) is 0 Å². The van der Waals surface area contributed by atoms with Gasteiger partial charge >= 0.3 is 0 Å². The Bertz CT molecular complexity index is 642. The Labute approximate surface area is 121 Å². The number of carbonyl (C=O) groups excluding carboxylic acids is 1. The summed E-state index contributed by atoms with van der Waals surface area (Å²) in [4.78, 5) is 13.3. The van der Waals surface area contributed by atoms with E-state index in [4.69, 9.17) is 4.74 Å². The fraction of sp³-hybridized carbons (Fsp3) is 0.188. The molecule has 102 valence electrons. The summed E-state index contributed by atoms with van der Waals surface area (Å²) in [6.45, 7) is 0. The number of ketones is 1. The molecule has 1 aliphatic rings. The van der Waals surface area contributed by atoms with Crippen molar-refractivity contribution in [3.8, 4) is 5.75 Å². The van der Waals surface area contributed by atoms with Crippen LogP contribution in [0.1, 0.15) is 5.56 Å². The Morgan fingerprint density at radius 2 is 2.10 bits per heavy atom. The van der Waals surface area contributed by atoms with Crippen molar-refractivity contribution in [2.45, 2.75) is 17.4 Å². The number of Topliss-reactive ketones (excluding diaryl/α,β-unsaturated/α-hetero) is 1. The molecular formula is C16H13FO2S. The molecule has 1 heterocycles. The van der Waals surface area contributed by atoms with Gasteiger partial charge in [-0.05, 0) is 29.8 Å². The molecule has 0 bridgehead atoms. The molecule has 0 amide bonds. The molecule has 4 heteroatoms. The van der Waals surface area contributed by atoms with Gasteiger partial charge in [0.25, 0.3) is 0 Å². The molecule has 0 radical (unpaired) electrons. The van der Waals surface area contributed by atoms with Gasteiger partial charge < -0.3 is 4.74 Å². The first kappa shape index (κ1) is 13.2. The number of para-hydroxylation sites is 1. The first-order valence-corrected chi connectivity index (χ1v) is 7.36. The van der Waals surface area contributed by atoms with E-state index in [0.29, 0.717) is 11.3 Å². The molecular weight excluding hydrogens is 275 g/mol. The van der Waals surface area contributed by atoms with Gasteiger partial charge in [0.15, 0.2) is 11.9 Å². The summed E-state index contributed by atoms with van der Waals surface area (Å²) in [6, 6.07) is 13.8. The van der Waals surface area contributed by atoms with E-state index in [0.717, 1.165) is 10.6 Å². The highest BCUT2D eigenvalue weighted by atomic mass is 32.2. The highest BCUT2D eigenvalue weighted by Crippen LogP contribution is 2.35. The molecule has 0 fully saturated rings. The summed E-state index contributed by atoms with van der Waals surface area (Å²) in [5.74, 6) is 1.02. The number of halogens is 1. The van der Waals surface area contributed by atoms with Crippen LogP contribution in [0, 0.1) is 5.82 Å². The van der Waals surface area contributed by atoms with Gasteiger partial charge in [-0.25, -0.2) is 4.39 Å². The quantitative estimate of drug-likeness (QED) is 0.865. The summed E-state index contributed by atoms with van der Waals surface area (Å²) >= 11 is 1.62. The van der Waals surface area contributed by atoms with Crippen LogP contribution in [0.15, 0.2) is 53.4 Å². The average molecular weight is 288 g/mol. The maximum absolute atomic E-state index is 13.1. The van der Waals surface area contributed by atoms with Crippen molar-refractivity contribution in [3.05, 3.63) is 59.9 Å². The van der Waals surface area contributed by atoms with Crippen LogP contribution >= 0.6 is 11.8 Å². The van der Waals surface area contributed by atoms with Crippen LogP contribution in [0.5, 0.6) is 5.75 Å². The Balaban J connectivity index is 1.70. The van der Waals surface area contributed by atoms with E-state index in [9.17, 15) is 9.18 Å². The van der Waals surface area contributed by atoms with Crippen LogP contribution in [0.2, 0.25) is 0 Å². The van der Waals surface area contributed by atoms with Crippen molar-refractivity contribution in [1.29, 1.82) is 0 Å².